The molecule has 152 valence electrons. The zero-order valence-electron chi connectivity index (χ0n) is 17.2. The second-order valence-electron chi connectivity index (χ2n) is 7.26. The van der Waals surface area contributed by atoms with Crippen LogP contribution in [-0.4, -0.2) is 22.3 Å². The lowest BCUT2D eigenvalue weighted by Crippen LogP contribution is -2.27. The molecule has 2 aromatic rings. The van der Waals surface area contributed by atoms with E-state index < -0.39 is 0 Å². The average Bonchev–Trinajstić information content (AvgIpc) is 2.98. The lowest BCUT2D eigenvalue weighted by molar-refractivity contribution is -0.123. The van der Waals surface area contributed by atoms with Gasteiger partial charge in [-0.3, -0.25) is 19.3 Å². The monoisotopic (exact) mass is 417 g/mol. The SMILES string of the molecule is C/C(C=O)=C\c1ccc(/C=C(C)/C=C2\SC(=O)N(Cc3ccccc3C)C2=O)cc1. The van der Waals surface area contributed by atoms with E-state index in [1.165, 1.54) is 4.90 Å². The van der Waals surface area contributed by atoms with Gasteiger partial charge in [0.05, 0.1) is 11.4 Å². The van der Waals surface area contributed by atoms with Crippen molar-refractivity contribution in [1.29, 1.82) is 0 Å². The first kappa shape index (κ1) is 21.5. The number of hydrogen-bond acceptors (Lipinski definition) is 4. The Labute approximate surface area is 181 Å². The van der Waals surface area contributed by atoms with Gasteiger partial charge in [-0.1, -0.05) is 54.6 Å². The van der Waals surface area contributed by atoms with Crippen molar-refractivity contribution in [3.63, 3.8) is 0 Å². The highest BCUT2D eigenvalue weighted by Gasteiger charge is 2.35. The molecule has 0 bridgehead atoms. The van der Waals surface area contributed by atoms with Crippen LogP contribution in [0.1, 0.15) is 36.1 Å². The van der Waals surface area contributed by atoms with Gasteiger partial charge >= 0.3 is 0 Å². The normalized spacial score (nSPS) is 16.5. The van der Waals surface area contributed by atoms with Crippen molar-refractivity contribution in [2.24, 2.45) is 0 Å². The van der Waals surface area contributed by atoms with E-state index in [4.69, 9.17) is 0 Å². The van der Waals surface area contributed by atoms with E-state index in [1.807, 2.05) is 74.5 Å². The lowest BCUT2D eigenvalue weighted by Gasteiger charge is -2.14. The molecule has 0 saturated carbocycles. The molecular weight excluding hydrogens is 394 g/mol. The van der Waals surface area contributed by atoms with E-state index in [0.29, 0.717) is 10.5 Å². The Hall–Kier alpha value is -3.18. The number of benzene rings is 2. The van der Waals surface area contributed by atoms with Gasteiger partial charge in [0.1, 0.15) is 6.29 Å². The molecule has 5 heteroatoms. The van der Waals surface area contributed by atoms with Gasteiger partial charge in [0.2, 0.25) is 0 Å². The average molecular weight is 418 g/mol. The van der Waals surface area contributed by atoms with E-state index in [-0.39, 0.29) is 17.7 Å². The van der Waals surface area contributed by atoms with Crippen LogP contribution in [0.25, 0.3) is 12.2 Å². The van der Waals surface area contributed by atoms with Crippen LogP contribution in [0.5, 0.6) is 0 Å². The summed E-state index contributed by atoms with van der Waals surface area (Å²) in [5, 5.41) is -0.246. The standard InChI is InChI=1S/C25H23NO3S/c1-17(12-20-8-10-21(11-9-20)13-18(2)16-27)14-23-24(28)26(25(29)30-23)15-22-7-5-4-6-19(22)3/h4-14,16H,15H2,1-3H3/b17-12+,18-13+,23-14-. The summed E-state index contributed by atoms with van der Waals surface area (Å²) in [6.45, 7) is 5.92. The molecule has 0 aromatic heterocycles. The number of aldehydes is 1. The summed E-state index contributed by atoms with van der Waals surface area (Å²) in [7, 11) is 0. The predicted octanol–water partition coefficient (Wildman–Crippen LogP) is 5.78. The number of carbonyl (C=O) groups excluding carboxylic acids is 3. The van der Waals surface area contributed by atoms with Crippen molar-refractivity contribution >= 4 is 41.3 Å². The third-order valence-corrected chi connectivity index (χ3v) is 5.64. The van der Waals surface area contributed by atoms with Crippen LogP contribution in [0.3, 0.4) is 0 Å². The summed E-state index contributed by atoms with van der Waals surface area (Å²) in [6, 6.07) is 15.5. The molecule has 1 aliphatic heterocycles. The highest BCUT2D eigenvalue weighted by molar-refractivity contribution is 8.18. The number of aryl methyl sites for hydroxylation is 1. The number of hydrogen-bond donors (Lipinski definition) is 0. The second-order valence-corrected chi connectivity index (χ2v) is 8.25. The molecule has 1 fully saturated rings. The largest absolute Gasteiger partial charge is 0.298 e. The molecule has 4 nitrogen and oxygen atoms in total. The third-order valence-electron chi connectivity index (χ3n) is 4.73. The molecule has 1 heterocycles. The molecule has 1 saturated heterocycles. The molecule has 1 aliphatic rings. The number of rotatable bonds is 6. The first-order valence-electron chi connectivity index (χ1n) is 9.59. The molecule has 0 atom stereocenters. The molecule has 0 N–H and O–H groups in total. The van der Waals surface area contributed by atoms with Crippen LogP contribution in [0.2, 0.25) is 0 Å². The maximum Gasteiger partial charge on any atom is 0.293 e. The third kappa shape index (κ3) is 5.24. The van der Waals surface area contributed by atoms with Crippen LogP contribution < -0.4 is 0 Å². The maximum atomic E-state index is 12.7. The fraction of sp³-hybridized carbons (Fsp3) is 0.160. The minimum Gasteiger partial charge on any atom is -0.298 e. The van der Waals surface area contributed by atoms with Crippen LogP contribution in [0, 0.1) is 6.92 Å². The molecule has 0 radical (unpaired) electrons. The van der Waals surface area contributed by atoms with Crippen molar-refractivity contribution in [2.45, 2.75) is 27.3 Å². The van der Waals surface area contributed by atoms with E-state index in [1.54, 1.807) is 13.0 Å². The maximum absolute atomic E-state index is 12.7. The van der Waals surface area contributed by atoms with Crippen molar-refractivity contribution in [1.82, 2.24) is 4.90 Å². The summed E-state index contributed by atoms with van der Waals surface area (Å²) < 4.78 is 0. The molecular formula is C25H23NO3S. The zero-order chi connectivity index (χ0) is 21.7. The van der Waals surface area contributed by atoms with Crippen LogP contribution in [0.15, 0.2) is 70.7 Å². The molecule has 2 amide bonds. The van der Waals surface area contributed by atoms with E-state index >= 15 is 0 Å². The molecule has 0 aliphatic carbocycles. The Morgan fingerprint density at radius 1 is 0.933 bits per heavy atom. The van der Waals surface area contributed by atoms with Crippen LogP contribution in [0.4, 0.5) is 4.79 Å². The highest BCUT2D eigenvalue weighted by atomic mass is 32.2. The Kier molecular flexibility index (Phi) is 6.85. The minimum atomic E-state index is -0.258. The van der Waals surface area contributed by atoms with E-state index in [2.05, 4.69) is 0 Å². The number of allylic oxidation sites excluding steroid dienone is 3. The first-order valence-corrected chi connectivity index (χ1v) is 10.4. The smallest absolute Gasteiger partial charge is 0.293 e. The molecule has 0 unspecified atom stereocenters. The van der Waals surface area contributed by atoms with Crippen molar-refractivity contribution in [2.75, 3.05) is 0 Å². The van der Waals surface area contributed by atoms with Gasteiger partial charge in [-0.15, -0.1) is 0 Å². The Morgan fingerprint density at radius 2 is 1.53 bits per heavy atom. The summed E-state index contributed by atoms with van der Waals surface area (Å²) in [5.74, 6) is -0.258. The molecule has 30 heavy (non-hydrogen) atoms. The molecule has 2 aromatic carbocycles. The minimum absolute atomic E-state index is 0.246. The van der Waals surface area contributed by atoms with E-state index in [9.17, 15) is 14.4 Å². The summed E-state index contributed by atoms with van der Waals surface area (Å²) in [4.78, 5) is 37.6. The van der Waals surface area contributed by atoms with Crippen molar-refractivity contribution < 1.29 is 14.4 Å². The predicted molar refractivity (Wildman–Crippen MR) is 123 cm³/mol. The summed E-state index contributed by atoms with van der Waals surface area (Å²) in [5.41, 5.74) is 5.49. The number of amides is 2. The van der Waals surface area contributed by atoms with Gasteiger partial charge < -0.3 is 0 Å². The fourth-order valence-corrected chi connectivity index (χ4v) is 3.98. The number of carbonyl (C=O) groups is 3. The molecule has 3 rings (SSSR count). The Bertz CT molecular complexity index is 1080. The lowest BCUT2D eigenvalue weighted by atomic mass is 10.1. The second kappa shape index (κ2) is 9.55. The van der Waals surface area contributed by atoms with Crippen molar-refractivity contribution in [3.8, 4) is 0 Å². The van der Waals surface area contributed by atoms with Gasteiger partial charge in [0.25, 0.3) is 11.1 Å². The van der Waals surface area contributed by atoms with Gasteiger partial charge in [-0.25, -0.2) is 0 Å². The van der Waals surface area contributed by atoms with Gasteiger partial charge in [-0.2, -0.15) is 0 Å². The fourth-order valence-electron chi connectivity index (χ4n) is 3.09. The number of imide groups is 1. The first-order chi connectivity index (χ1) is 14.4. The van der Waals surface area contributed by atoms with Crippen LogP contribution in [-0.2, 0) is 16.1 Å². The number of nitrogens with zero attached hydrogens (tertiary/aromatic N) is 1. The number of thioether (sulfide) groups is 1. The van der Waals surface area contributed by atoms with Gasteiger partial charge in [-0.05, 0) is 78.1 Å². The zero-order valence-corrected chi connectivity index (χ0v) is 18.0. The Balaban J connectivity index is 1.74. The Morgan fingerprint density at radius 3 is 2.13 bits per heavy atom. The summed E-state index contributed by atoms with van der Waals surface area (Å²) >= 11 is 0.974. The summed E-state index contributed by atoms with van der Waals surface area (Å²) in [6.07, 6.45) is 6.35. The molecule has 0 spiro atoms. The van der Waals surface area contributed by atoms with E-state index in [0.717, 1.165) is 45.9 Å². The van der Waals surface area contributed by atoms with Crippen molar-refractivity contribution in [3.05, 3.63) is 92.9 Å². The topological polar surface area (TPSA) is 54.5 Å². The highest BCUT2D eigenvalue weighted by Crippen LogP contribution is 2.33. The van der Waals surface area contributed by atoms with Gasteiger partial charge in [0.15, 0.2) is 0 Å². The quantitative estimate of drug-likeness (QED) is 0.442. The van der Waals surface area contributed by atoms with Crippen LogP contribution >= 0.6 is 11.8 Å². The van der Waals surface area contributed by atoms with Gasteiger partial charge in [0, 0.05) is 0 Å².